The average molecular weight is 797 g/mol. The first kappa shape index (κ1) is 43.2. The molecule has 2 heterocycles. The molecule has 0 saturated carbocycles. The smallest absolute Gasteiger partial charge is 0.264 e. The summed E-state index contributed by atoms with van der Waals surface area (Å²) in [6.07, 6.45) is 10.6. The van der Waals surface area contributed by atoms with Gasteiger partial charge in [0.05, 0.1) is 34.7 Å². The van der Waals surface area contributed by atoms with Crippen LogP contribution in [-0.4, -0.2) is 95.5 Å². The van der Waals surface area contributed by atoms with E-state index in [-0.39, 0.29) is 25.8 Å². The Labute approximate surface area is 305 Å². The van der Waals surface area contributed by atoms with Crippen molar-refractivity contribution in [1.29, 1.82) is 0 Å². The van der Waals surface area contributed by atoms with Gasteiger partial charge in [-0.3, -0.25) is 18.7 Å². The van der Waals surface area contributed by atoms with Gasteiger partial charge in [-0.2, -0.15) is 34.9 Å². The first-order valence-corrected chi connectivity index (χ1v) is 22.3. The van der Waals surface area contributed by atoms with Crippen LogP contribution in [0.3, 0.4) is 0 Å². The average Bonchev–Trinajstić information content (AvgIpc) is 3.38. The van der Waals surface area contributed by atoms with E-state index in [1.165, 1.54) is 0 Å². The van der Waals surface area contributed by atoms with Gasteiger partial charge in [0.1, 0.15) is 6.54 Å². The number of hydrazone groups is 1. The molecule has 288 valence electrons. The summed E-state index contributed by atoms with van der Waals surface area (Å²) < 4.78 is 104. The summed E-state index contributed by atoms with van der Waals surface area (Å²) in [7, 11) is -12.6. The Morgan fingerprint density at radius 1 is 0.882 bits per heavy atom. The molecule has 0 aliphatic carbocycles. The molecule has 0 spiro atoms. The van der Waals surface area contributed by atoms with Crippen LogP contribution < -0.4 is 0 Å². The van der Waals surface area contributed by atoms with Gasteiger partial charge in [-0.15, -0.1) is 4.33 Å². The molecular formula is C32H50N3O12S4+. The lowest BCUT2D eigenvalue weighted by atomic mass is 9.75. The molecule has 0 radical (unpaired) electrons. The number of hydrogen-bond acceptors (Lipinski definition) is 12. The quantitative estimate of drug-likeness (QED) is 0.0272. The molecule has 51 heavy (non-hydrogen) atoms. The molecule has 19 heteroatoms. The molecule has 4 N–H and O–H groups in total. The summed E-state index contributed by atoms with van der Waals surface area (Å²) >= 11 is 0.805. The van der Waals surface area contributed by atoms with Crippen molar-refractivity contribution < 1.29 is 58.1 Å². The van der Waals surface area contributed by atoms with E-state index in [1.807, 2.05) is 50.3 Å². The van der Waals surface area contributed by atoms with Crippen molar-refractivity contribution in [2.45, 2.75) is 95.8 Å². The zero-order valence-electron chi connectivity index (χ0n) is 29.4. The van der Waals surface area contributed by atoms with Crippen LogP contribution in [0, 0.1) is 5.41 Å². The molecule has 2 atom stereocenters. The highest BCUT2D eigenvalue weighted by Crippen LogP contribution is 2.46. The van der Waals surface area contributed by atoms with Gasteiger partial charge in [0.15, 0.2) is 5.71 Å². The van der Waals surface area contributed by atoms with E-state index in [9.17, 15) is 38.9 Å². The molecular weight excluding hydrogens is 747 g/mol. The Morgan fingerprint density at radius 3 is 2.08 bits per heavy atom. The summed E-state index contributed by atoms with van der Waals surface area (Å²) in [5.41, 5.74) is 2.47. The Morgan fingerprint density at radius 2 is 1.49 bits per heavy atom. The van der Waals surface area contributed by atoms with Gasteiger partial charge in [0, 0.05) is 52.4 Å². The summed E-state index contributed by atoms with van der Waals surface area (Å²) in [5.74, 6) is -1.34. The van der Waals surface area contributed by atoms with Crippen molar-refractivity contribution in [1.82, 2.24) is 5.01 Å². The topological polar surface area (TPSA) is 220 Å². The lowest BCUT2D eigenvalue weighted by Crippen LogP contribution is -2.32. The van der Waals surface area contributed by atoms with E-state index >= 15 is 0 Å². The van der Waals surface area contributed by atoms with Crippen molar-refractivity contribution in [2.24, 2.45) is 10.5 Å². The number of fused-ring (bicyclic) bond motifs is 1. The lowest BCUT2D eigenvalue weighted by Gasteiger charge is -2.29. The second-order valence-corrected chi connectivity index (χ2v) is 18.8. The van der Waals surface area contributed by atoms with Crippen molar-refractivity contribution in [3.8, 4) is 0 Å². The maximum atomic E-state index is 11.7. The third kappa shape index (κ3) is 12.4. The molecule has 0 saturated heterocycles. The number of unbranched alkanes of at least 4 members (excludes halogenated alkanes) is 3. The van der Waals surface area contributed by atoms with E-state index in [0.717, 1.165) is 54.7 Å². The lowest BCUT2D eigenvalue weighted by molar-refractivity contribution is -0.438. The largest absolute Gasteiger partial charge is 0.286 e. The van der Waals surface area contributed by atoms with Crippen molar-refractivity contribution in [3.05, 3.63) is 47.7 Å². The number of rotatable bonds is 22. The fourth-order valence-corrected chi connectivity index (χ4v) is 8.66. The highest BCUT2D eigenvalue weighted by Gasteiger charge is 2.48. The molecule has 1 aromatic rings. The Kier molecular flexibility index (Phi) is 15.4. The molecule has 0 amide bonds. The van der Waals surface area contributed by atoms with E-state index in [4.69, 9.17) is 5.26 Å². The molecule has 1 aromatic carbocycles. The van der Waals surface area contributed by atoms with Gasteiger partial charge in [-0.1, -0.05) is 30.9 Å². The van der Waals surface area contributed by atoms with E-state index < -0.39 is 58.4 Å². The van der Waals surface area contributed by atoms with Gasteiger partial charge in [0.25, 0.3) is 30.4 Å². The van der Waals surface area contributed by atoms with Gasteiger partial charge in [-0.25, -0.2) is 5.26 Å². The predicted octanol–water partition coefficient (Wildman–Crippen LogP) is 5.80. The summed E-state index contributed by atoms with van der Waals surface area (Å²) in [6.45, 7) is 8.63. The van der Waals surface area contributed by atoms with Gasteiger partial charge >= 0.3 is 0 Å². The molecule has 2 aliphatic heterocycles. The molecule has 15 nitrogen and oxygen atoms in total. The van der Waals surface area contributed by atoms with Crippen LogP contribution in [0.2, 0.25) is 0 Å². The van der Waals surface area contributed by atoms with Gasteiger partial charge in [-0.05, 0) is 77.5 Å². The number of benzene rings is 1. The van der Waals surface area contributed by atoms with Gasteiger partial charge < -0.3 is 0 Å². The maximum Gasteiger partial charge on any atom is 0.264 e. The number of nitrogens with zero attached hydrogens (tertiary/aromatic N) is 3. The summed E-state index contributed by atoms with van der Waals surface area (Å²) in [6, 6.07) is 5.63. The predicted molar refractivity (Wildman–Crippen MR) is 196 cm³/mol. The van der Waals surface area contributed by atoms with E-state index in [1.54, 1.807) is 11.9 Å². The molecule has 2 aliphatic rings. The first-order chi connectivity index (χ1) is 23.7. The monoisotopic (exact) mass is 796 g/mol. The van der Waals surface area contributed by atoms with E-state index in [0.29, 0.717) is 35.7 Å². The fraction of sp³-hybridized carbons (Fsp3) is 0.625. The van der Waals surface area contributed by atoms with Crippen LogP contribution in [0.15, 0.2) is 52.1 Å². The van der Waals surface area contributed by atoms with Crippen LogP contribution in [0.1, 0.15) is 91.0 Å². The highest BCUT2D eigenvalue weighted by atomic mass is 32.2. The van der Waals surface area contributed by atoms with Gasteiger partial charge in [0.2, 0.25) is 5.69 Å². The standard InChI is InChI=1S/C32H49N3O12S4/c1-5-6-7-8-19-34-28-16-15-26(48-47-46-36)24-27(28)32(4,18-11-22-50(40,41)42)29(34)13-9-14-30-31(3,17-10-21-49(37,38)39)25(2)33-35(30)20-12-23-51(43,44)45/h9,13-16,24H,5-8,10-12,17-23H2,1-4H3,(H3-,36,37,38,39,40,41,42,43,44,45)/p+1. The maximum absolute atomic E-state index is 11.7. The van der Waals surface area contributed by atoms with Crippen LogP contribution in [0.25, 0.3) is 0 Å². The summed E-state index contributed by atoms with van der Waals surface area (Å²) in [4.78, 5) is 0.627. The third-order valence-electron chi connectivity index (χ3n) is 9.46. The van der Waals surface area contributed by atoms with Crippen molar-refractivity contribution >= 4 is 59.5 Å². The van der Waals surface area contributed by atoms with Crippen LogP contribution in [0.5, 0.6) is 0 Å². The first-order valence-electron chi connectivity index (χ1n) is 16.8. The van der Waals surface area contributed by atoms with E-state index in [2.05, 4.69) is 26.0 Å². The number of allylic oxidation sites excluding steroid dienone is 4. The number of hydrogen-bond donors (Lipinski definition) is 4. The Hall–Kier alpha value is -2.20. The van der Waals surface area contributed by atoms with Crippen molar-refractivity contribution in [2.75, 3.05) is 30.3 Å². The Bertz CT molecular complexity index is 1840. The van der Waals surface area contributed by atoms with Crippen LogP contribution in [0.4, 0.5) is 5.69 Å². The zero-order chi connectivity index (χ0) is 38.1. The minimum absolute atomic E-state index is 0.0766. The molecule has 0 aromatic heterocycles. The van der Waals surface area contributed by atoms with Crippen LogP contribution in [-0.2, 0) is 45.1 Å². The zero-order valence-corrected chi connectivity index (χ0v) is 32.7. The minimum atomic E-state index is -4.22. The Balaban J connectivity index is 2.13. The highest BCUT2D eigenvalue weighted by molar-refractivity contribution is 7.94. The fourth-order valence-electron chi connectivity index (χ4n) is 6.75. The second-order valence-electron chi connectivity index (χ2n) is 13.3. The minimum Gasteiger partial charge on any atom is -0.286 e. The molecule has 3 rings (SSSR count). The molecule has 0 bridgehead atoms. The SMILES string of the molecule is CCCCCC[N+]1=C(/C=C/C=C2\N(CCCS(=O)(=O)O)N=C(C)C2(C)CCCS(=O)(=O)O)C(C)(CCCS(=O)(=O)O)c2cc(SOOO)ccc21. The molecule has 2 unspecified atom stereocenters. The summed E-state index contributed by atoms with van der Waals surface area (Å²) in [5, 5.41) is 18.8. The second kappa shape index (κ2) is 18.2. The normalized spacial score (nSPS) is 22.1. The van der Waals surface area contributed by atoms with Crippen LogP contribution >= 0.6 is 12.0 Å². The van der Waals surface area contributed by atoms with Crippen molar-refractivity contribution in [3.63, 3.8) is 0 Å². The third-order valence-corrected chi connectivity index (χ3v) is 12.4. The molecule has 0 fully saturated rings.